The van der Waals surface area contributed by atoms with Gasteiger partial charge >= 0.3 is 0 Å². The second-order valence-electron chi connectivity index (χ2n) is 6.10. The van der Waals surface area contributed by atoms with Crippen LogP contribution in [0.4, 0.5) is 5.69 Å². The van der Waals surface area contributed by atoms with E-state index in [9.17, 15) is 4.79 Å². The Hall–Kier alpha value is -1.94. The Bertz CT molecular complexity index is 898. The van der Waals surface area contributed by atoms with Gasteiger partial charge in [-0.3, -0.25) is 4.79 Å². The molecule has 0 bridgehead atoms. The van der Waals surface area contributed by atoms with Crippen LogP contribution < -0.4 is 5.32 Å². The maximum atomic E-state index is 12.2. The number of thioether (sulfide) groups is 1. The molecule has 1 amide bonds. The summed E-state index contributed by atoms with van der Waals surface area (Å²) in [4.78, 5) is 13.4. The van der Waals surface area contributed by atoms with Gasteiger partial charge in [-0.05, 0) is 53.9 Å². The summed E-state index contributed by atoms with van der Waals surface area (Å²) in [6, 6.07) is 23.7. The average Bonchev–Trinajstić information content (AvgIpc) is 2.69. The summed E-state index contributed by atoms with van der Waals surface area (Å²) in [5.41, 5.74) is 3.02. The lowest BCUT2D eigenvalue weighted by atomic mass is 10.1. The van der Waals surface area contributed by atoms with Crippen molar-refractivity contribution in [2.24, 2.45) is 0 Å². The third-order valence-corrected chi connectivity index (χ3v) is 5.83. The molecule has 3 aromatic rings. The predicted molar refractivity (Wildman–Crippen MR) is 116 cm³/mol. The number of carbonyl (C=O) groups is 1. The zero-order valence-corrected chi connectivity index (χ0v) is 17.0. The minimum atomic E-state index is -0.0208. The molecule has 3 rings (SSSR count). The summed E-state index contributed by atoms with van der Waals surface area (Å²) < 4.78 is 0. The van der Waals surface area contributed by atoms with Gasteiger partial charge in [-0.25, -0.2) is 0 Å². The lowest BCUT2D eigenvalue weighted by Crippen LogP contribution is -2.12. The normalized spacial score (nSPS) is 10.6. The molecule has 0 aromatic heterocycles. The van der Waals surface area contributed by atoms with Gasteiger partial charge in [0.25, 0.3) is 0 Å². The monoisotopic (exact) mass is 415 g/mol. The summed E-state index contributed by atoms with van der Waals surface area (Å²) in [7, 11) is 0. The summed E-state index contributed by atoms with van der Waals surface area (Å²) >= 11 is 13.7. The number of aryl methyl sites for hydroxylation is 1. The van der Waals surface area contributed by atoms with Crippen molar-refractivity contribution >= 4 is 46.6 Å². The van der Waals surface area contributed by atoms with Gasteiger partial charge in [0.15, 0.2) is 0 Å². The Morgan fingerprint density at radius 1 is 0.852 bits per heavy atom. The van der Waals surface area contributed by atoms with Gasteiger partial charge in [0.05, 0.1) is 10.0 Å². The molecule has 3 aromatic carbocycles. The third-order valence-electron chi connectivity index (χ3n) is 4.01. The number of halogens is 2. The Balaban J connectivity index is 1.47. The fraction of sp³-hybridized carbons (Fsp3) is 0.136. The van der Waals surface area contributed by atoms with E-state index in [0.717, 1.165) is 17.0 Å². The highest BCUT2D eigenvalue weighted by atomic mass is 35.5. The number of rotatable bonds is 7. The quantitative estimate of drug-likeness (QED) is 0.427. The van der Waals surface area contributed by atoms with Crippen LogP contribution in [0.3, 0.4) is 0 Å². The molecule has 0 radical (unpaired) electrons. The van der Waals surface area contributed by atoms with Crippen LogP contribution in [0.5, 0.6) is 0 Å². The number of carbonyl (C=O) groups excluding carboxylic acids is 1. The Morgan fingerprint density at radius 2 is 1.56 bits per heavy atom. The molecule has 0 unspecified atom stereocenters. The van der Waals surface area contributed by atoms with Crippen molar-refractivity contribution in [3.63, 3.8) is 0 Å². The van der Waals surface area contributed by atoms with E-state index >= 15 is 0 Å². The topological polar surface area (TPSA) is 29.1 Å². The van der Waals surface area contributed by atoms with Crippen molar-refractivity contribution in [2.45, 2.75) is 23.5 Å². The fourth-order valence-corrected chi connectivity index (χ4v) is 3.74. The van der Waals surface area contributed by atoms with Crippen molar-refractivity contribution in [2.75, 3.05) is 5.32 Å². The Kier molecular flexibility index (Phi) is 7.22. The van der Waals surface area contributed by atoms with Crippen LogP contribution in [-0.4, -0.2) is 5.91 Å². The minimum Gasteiger partial charge on any atom is -0.326 e. The first-order valence-electron chi connectivity index (χ1n) is 8.61. The molecule has 0 heterocycles. The zero-order chi connectivity index (χ0) is 19.1. The molecule has 0 saturated heterocycles. The van der Waals surface area contributed by atoms with Gasteiger partial charge in [0, 0.05) is 22.8 Å². The molecule has 0 spiro atoms. The number of hydrogen-bond acceptors (Lipinski definition) is 2. The molecule has 0 aliphatic rings. The van der Waals surface area contributed by atoms with Gasteiger partial charge in [-0.15, -0.1) is 11.8 Å². The molecule has 138 valence electrons. The highest BCUT2D eigenvalue weighted by Gasteiger charge is 2.05. The maximum Gasteiger partial charge on any atom is 0.224 e. The summed E-state index contributed by atoms with van der Waals surface area (Å²) in [5, 5.41) is 3.97. The van der Waals surface area contributed by atoms with E-state index in [1.807, 2.05) is 48.5 Å². The first kappa shape index (κ1) is 19.8. The second-order valence-corrected chi connectivity index (χ2v) is 7.96. The first-order chi connectivity index (χ1) is 13.1. The molecule has 0 aliphatic heterocycles. The van der Waals surface area contributed by atoms with Gasteiger partial charge in [0.1, 0.15) is 0 Å². The van der Waals surface area contributed by atoms with Crippen LogP contribution in [0, 0.1) is 0 Å². The first-order valence-corrected chi connectivity index (χ1v) is 10.3. The van der Waals surface area contributed by atoms with Crippen molar-refractivity contribution in [1.82, 2.24) is 0 Å². The van der Waals surface area contributed by atoms with E-state index in [1.165, 1.54) is 10.5 Å². The molecule has 1 N–H and O–H groups in total. The fourth-order valence-electron chi connectivity index (χ4n) is 2.54. The minimum absolute atomic E-state index is 0.0208. The van der Waals surface area contributed by atoms with Crippen molar-refractivity contribution in [3.8, 4) is 0 Å². The number of amides is 1. The van der Waals surface area contributed by atoms with Crippen molar-refractivity contribution < 1.29 is 4.79 Å². The predicted octanol–water partition coefficient (Wildman–Crippen LogP) is 6.86. The Morgan fingerprint density at radius 3 is 2.26 bits per heavy atom. The molecular formula is C22H19Cl2NOS. The smallest absolute Gasteiger partial charge is 0.224 e. The van der Waals surface area contributed by atoms with Gasteiger partial charge in [0.2, 0.25) is 5.91 Å². The average molecular weight is 416 g/mol. The molecule has 0 saturated carbocycles. The van der Waals surface area contributed by atoms with E-state index < -0.39 is 0 Å². The highest BCUT2D eigenvalue weighted by molar-refractivity contribution is 7.98. The highest BCUT2D eigenvalue weighted by Crippen LogP contribution is 2.24. The van der Waals surface area contributed by atoms with Crippen molar-refractivity contribution in [3.05, 3.63) is 94.0 Å². The molecule has 2 nitrogen and oxygen atoms in total. The number of anilines is 1. The van der Waals surface area contributed by atoms with Crippen LogP contribution in [0.2, 0.25) is 10.0 Å². The molecule has 5 heteroatoms. The van der Waals surface area contributed by atoms with E-state index in [-0.39, 0.29) is 5.91 Å². The maximum absolute atomic E-state index is 12.2. The lowest BCUT2D eigenvalue weighted by molar-refractivity contribution is -0.116. The van der Waals surface area contributed by atoms with Gasteiger partial charge in [-0.2, -0.15) is 0 Å². The van der Waals surface area contributed by atoms with Crippen molar-refractivity contribution in [1.29, 1.82) is 0 Å². The summed E-state index contributed by atoms with van der Waals surface area (Å²) in [6.45, 7) is 0. The lowest BCUT2D eigenvalue weighted by Gasteiger charge is -2.07. The van der Waals surface area contributed by atoms with Crippen LogP contribution in [0.15, 0.2) is 77.7 Å². The Labute approximate surface area is 173 Å². The van der Waals surface area contributed by atoms with Gasteiger partial charge in [-0.1, -0.05) is 59.6 Å². The number of hydrogen-bond donors (Lipinski definition) is 1. The summed E-state index contributed by atoms with van der Waals surface area (Å²) in [5.74, 6) is 0.878. The molecule has 0 aliphatic carbocycles. The second kappa shape index (κ2) is 9.84. The molecule has 27 heavy (non-hydrogen) atoms. The SMILES string of the molecule is O=C(CCc1ccc(Cl)c(Cl)c1)Nc1ccc(CSc2ccccc2)cc1. The number of nitrogens with one attached hydrogen (secondary N) is 1. The van der Waals surface area contributed by atoms with E-state index in [0.29, 0.717) is 22.9 Å². The van der Waals surface area contributed by atoms with Crippen LogP contribution in [0.1, 0.15) is 17.5 Å². The van der Waals surface area contributed by atoms with E-state index in [1.54, 1.807) is 23.9 Å². The third kappa shape index (κ3) is 6.31. The largest absolute Gasteiger partial charge is 0.326 e. The molecule has 0 atom stereocenters. The van der Waals surface area contributed by atoms with Crippen LogP contribution in [-0.2, 0) is 17.0 Å². The van der Waals surface area contributed by atoms with E-state index in [4.69, 9.17) is 23.2 Å². The standard InChI is InChI=1S/C22H19Cl2NOS/c23-20-12-8-16(14-21(20)24)9-13-22(26)25-18-10-6-17(7-11-18)15-27-19-4-2-1-3-5-19/h1-8,10-12,14H,9,13,15H2,(H,25,26). The van der Waals surface area contributed by atoms with Crippen LogP contribution in [0.25, 0.3) is 0 Å². The zero-order valence-electron chi connectivity index (χ0n) is 14.6. The van der Waals surface area contributed by atoms with Crippen LogP contribution >= 0.6 is 35.0 Å². The molecule has 0 fully saturated rings. The van der Waals surface area contributed by atoms with Gasteiger partial charge < -0.3 is 5.32 Å². The number of benzene rings is 3. The molecular weight excluding hydrogens is 397 g/mol. The van der Waals surface area contributed by atoms with E-state index in [2.05, 4.69) is 17.4 Å². The summed E-state index contributed by atoms with van der Waals surface area (Å²) in [6.07, 6.45) is 1.01.